The normalized spacial score (nSPS) is 22.4. The summed E-state index contributed by atoms with van der Waals surface area (Å²) in [5.74, 6) is 2.31. The quantitative estimate of drug-likeness (QED) is 0.425. The van der Waals surface area contributed by atoms with Gasteiger partial charge in [-0.05, 0) is 49.4 Å². The molecule has 0 atom stereocenters. The summed E-state index contributed by atoms with van der Waals surface area (Å²) >= 11 is 0. The van der Waals surface area contributed by atoms with Crippen LogP contribution in [0.1, 0.15) is 36.8 Å². The van der Waals surface area contributed by atoms with Gasteiger partial charge in [0, 0.05) is 13.3 Å². The van der Waals surface area contributed by atoms with Crippen molar-refractivity contribution in [1.82, 2.24) is 4.98 Å². The zero-order valence-corrected chi connectivity index (χ0v) is 15.5. The zero-order chi connectivity index (χ0) is 21.2. The van der Waals surface area contributed by atoms with Gasteiger partial charge in [-0.15, -0.1) is 0 Å². The highest BCUT2D eigenvalue weighted by Crippen LogP contribution is 2.44. The van der Waals surface area contributed by atoms with Crippen LogP contribution < -0.4 is 16.0 Å². The van der Waals surface area contributed by atoms with E-state index in [0.717, 1.165) is 18.2 Å². The first-order valence-electron chi connectivity index (χ1n) is 8.90. The molecule has 0 spiro atoms. The number of nitrogen functional groups attached to an aromatic ring is 1. The van der Waals surface area contributed by atoms with Crippen LogP contribution in [-0.2, 0) is 16.5 Å². The molecule has 1 aliphatic rings. The third kappa shape index (κ3) is 4.27. The van der Waals surface area contributed by atoms with Crippen LogP contribution in [0.3, 0.4) is 0 Å². The summed E-state index contributed by atoms with van der Waals surface area (Å²) in [6, 6.07) is 4.70. The molecule has 29 heavy (non-hydrogen) atoms. The molecule has 1 fully saturated rings. The van der Waals surface area contributed by atoms with Gasteiger partial charge in [0.15, 0.2) is 17.5 Å². The first-order valence-corrected chi connectivity index (χ1v) is 8.90. The Morgan fingerprint density at radius 2 is 1.83 bits per heavy atom. The Labute approximate surface area is 164 Å². The number of methoxy groups -OCH3 is 1. The number of pyridine rings is 1. The first kappa shape index (κ1) is 21.3. The van der Waals surface area contributed by atoms with Crippen molar-refractivity contribution in [3.63, 3.8) is 0 Å². The number of hydrogen-bond donors (Lipinski definition) is 2. The van der Waals surface area contributed by atoms with Gasteiger partial charge in [0.2, 0.25) is 0 Å². The monoisotopic (exact) mass is 417 g/mol. The number of aromatic nitrogens is 1. The third-order valence-electron chi connectivity index (χ3n) is 5.20. The van der Waals surface area contributed by atoms with Crippen molar-refractivity contribution in [2.75, 3.05) is 12.5 Å². The molecule has 2 aromatic rings. The van der Waals surface area contributed by atoms with Crippen LogP contribution in [0.15, 0.2) is 30.5 Å². The number of anilines is 1. The maximum Gasteiger partial charge on any atom is 0.423 e. The standard InChI is InChI=1S/C19H20F5N3O2/c1-28-18(11-2-3-13(20)14(21)10-11)7-4-12(5-8-18)29-15-6-9-26-17(27-25)16(15)19(22,23)24/h2-3,6,9-10,12H,4-5,7-8,25H2,1H3,(H,26,27)/t12-,18+. The lowest BCUT2D eigenvalue weighted by Crippen LogP contribution is -2.37. The van der Waals surface area contributed by atoms with Crippen LogP contribution in [0.2, 0.25) is 0 Å². The fraction of sp³-hybridized carbons (Fsp3) is 0.421. The van der Waals surface area contributed by atoms with Gasteiger partial charge in [0.05, 0.1) is 11.7 Å². The van der Waals surface area contributed by atoms with Crippen molar-refractivity contribution in [2.24, 2.45) is 5.84 Å². The predicted molar refractivity (Wildman–Crippen MR) is 95.0 cm³/mol. The molecule has 0 bridgehead atoms. The number of benzene rings is 1. The largest absolute Gasteiger partial charge is 0.490 e. The minimum absolute atomic E-state index is 0.359. The molecule has 5 nitrogen and oxygen atoms in total. The van der Waals surface area contributed by atoms with Crippen LogP contribution in [0.25, 0.3) is 0 Å². The third-order valence-corrected chi connectivity index (χ3v) is 5.20. The van der Waals surface area contributed by atoms with E-state index in [2.05, 4.69) is 4.98 Å². The predicted octanol–water partition coefficient (Wildman–Crippen LogP) is 4.53. The topological polar surface area (TPSA) is 69.4 Å². The second-order valence-corrected chi connectivity index (χ2v) is 6.82. The Bertz CT molecular complexity index is 867. The number of hydrogen-bond acceptors (Lipinski definition) is 5. The minimum atomic E-state index is -4.71. The fourth-order valence-corrected chi connectivity index (χ4v) is 3.67. The molecule has 1 aromatic heterocycles. The molecule has 0 saturated heterocycles. The lowest BCUT2D eigenvalue weighted by atomic mass is 9.78. The van der Waals surface area contributed by atoms with Crippen molar-refractivity contribution in [3.05, 3.63) is 53.2 Å². The van der Waals surface area contributed by atoms with Crippen LogP contribution in [0.4, 0.5) is 27.8 Å². The van der Waals surface area contributed by atoms with Crippen LogP contribution in [-0.4, -0.2) is 18.2 Å². The SMILES string of the molecule is CO[C@]1(c2ccc(F)c(F)c2)CC[C@H](Oc2ccnc(NN)c2C(F)(F)F)CC1. The van der Waals surface area contributed by atoms with Crippen LogP contribution >= 0.6 is 0 Å². The number of hydrazine groups is 1. The number of alkyl halides is 3. The van der Waals surface area contributed by atoms with Gasteiger partial charge < -0.3 is 14.9 Å². The molecule has 0 unspecified atom stereocenters. The average molecular weight is 417 g/mol. The van der Waals surface area contributed by atoms with E-state index in [9.17, 15) is 22.0 Å². The number of nitrogens with two attached hydrogens (primary N) is 1. The molecule has 1 aliphatic carbocycles. The Balaban J connectivity index is 1.78. The number of ether oxygens (including phenoxy) is 2. The second-order valence-electron chi connectivity index (χ2n) is 6.82. The second kappa shape index (κ2) is 8.11. The van der Waals surface area contributed by atoms with Gasteiger partial charge in [0.1, 0.15) is 11.3 Å². The molecular formula is C19H20F5N3O2. The van der Waals surface area contributed by atoms with Gasteiger partial charge in [-0.3, -0.25) is 0 Å². The highest BCUT2D eigenvalue weighted by atomic mass is 19.4. The van der Waals surface area contributed by atoms with E-state index in [-0.39, 0.29) is 5.75 Å². The lowest BCUT2D eigenvalue weighted by Gasteiger charge is -2.39. The van der Waals surface area contributed by atoms with E-state index in [0.29, 0.717) is 31.2 Å². The van der Waals surface area contributed by atoms with Gasteiger partial charge in [-0.25, -0.2) is 19.6 Å². The smallest absolute Gasteiger partial charge is 0.423 e. The molecule has 1 saturated carbocycles. The fourth-order valence-electron chi connectivity index (χ4n) is 3.67. The molecule has 10 heteroatoms. The molecule has 0 radical (unpaired) electrons. The van der Waals surface area contributed by atoms with Gasteiger partial charge in [-0.2, -0.15) is 13.2 Å². The highest BCUT2D eigenvalue weighted by Gasteiger charge is 2.41. The summed E-state index contributed by atoms with van der Waals surface area (Å²) in [6.07, 6.45) is -2.60. The van der Waals surface area contributed by atoms with E-state index in [1.165, 1.54) is 19.4 Å². The summed E-state index contributed by atoms with van der Waals surface area (Å²) in [5.41, 5.74) is 0.480. The van der Waals surface area contributed by atoms with Crippen LogP contribution in [0.5, 0.6) is 5.75 Å². The molecular weight excluding hydrogens is 397 g/mol. The Hall–Kier alpha value is -2.46. The lowest BCUT2D eigenvalue weighted by molar-refractivity contribution is -0.139. The van der Waals surface area contributed by atoms with Crippen molar-refractivity contribution < 1.29 is 31.4 Å². The summed E-state index contributed by atoms with van der Waals surface area (Å²) in [6.45, 7) is 0. The van der Waals surface area contributed by atoms with Crippen molar-refractivity contribution in [3.8, 4) is 5.75 Å². The highest BCUT2D eigenvalue weighted by molar-refractivity contribution is 5.52. The van der Waals surface area contributed by atoms with Crippen molar-refractivity contribution in [2.45, 2.75) is 43.6 Å². The summed E-state index contributed by atoms with van der Waals surface area (Å²) in [5, 5.41) is 0. The van der Waals surface area contributed by atoms with E-state index in [1.807, 2.05) is 5.43 Å². The Kier molecular flexibility index (Phi) is 5.95. The molecule has 0 aliphatic heterocycles. The Morgan fingerprint density at radius 1 is 1.14 bits per heavy atom. The van der Waals surface area contributed by atoms with Gasteiger partial charge in [0.25, 0.3) is 0 Å². The summed E-state index contributed by atoms with van der Waals surface area (Å²) in [7, 11) is 1.46. The number of halogens is 5. The molecule has 158 valence electrons. The number of nitrogens with zero attached hydrogens (tertiary/aromatic N) is 1. The summed E-state index contributed by atoms with van der Waals surface area (Å²) < 4.78 is 78.4. The maximum atomic E-state index is 13.6. The van der Waals surface area contributed by atoms with E-state index < -0.39 is 40.9 Å². The van der Waals surface area contributed by atoms with Gasteiger partial charge >= 0.3 is 6.18 Å². The van der Waals surface area contributed by atoms with E-state index in [1.54, 1.807) is 0 Å². The molecule has 3 N–H and O–H groups in total. The molecule has 1 aromatic carbocycles. The summed E-state index contributed by atoms with van der Waals surface area (Å²) in [4.78, 5) is 3.59. The molecule has 0 amide bonds. The molecule has 3 rings (SSSR count). The maximum absolute atomic E-state index is 13.6. The van der Waals surface area contributed by atoms with Crippen molar-refractivity contribution >= 4 is 5.82 Å². The van der Waals surface area contributed by atoms with E-state index in [4.69, 9.17) is 15.3 Å². The van der Waals surface area contributed by atoms with Crippen molar-refractivity contribution in [1.29, 1.82) is 0 Å². The minimum Gasteiger partial charge on any atom is -0.490 e. The zero-order valence-electron chi connectivity index (χ0n) is 15.5. The van der Waals surface area contributed by atoms with Crippen LogP contribution in [0, 0.1) is 11.6 Å². The van der Waals surface area contributed by atoms with E-state index >= 15 is 0 Å². The molecule has 1 heterocycles. The Morgan fingerprint density at radius 3 is 2.38 bits per heavy atom. The number of nitrogens with one attached hydrogen (secondary N) is 1. The van der Waals surface area contributed by atoms with Gasteiger partial charge in [-0.1, -0.05) is 6.07 Å². The first-order chi connectivity index (χ1) is 13.7. The average Bonchev–Trinajstić information content (AvgIpc) is 2.70. The number of rotatable bonds is 5.